The molecule has 0 aliphatic carbocycles. The average Bonchev–Trinajstić information content (AvgIpc) is 3.22. The number of fused-ring (bicyclic) bond motifs is 1. The lowest BCUT2D eigenvalue weighted by Gasteiger charge is -2.16. The highest BCUT2D eigenvalue weighted by Gasteiger charge is 2.39. The molecule has 1 aliphatic rings. The van der Waals surface area contributed by atoms with Crippen LogP contribution in [0.5, 0.6) is 11.5 Å². The molecule has 1 aromatic carbocycles. The van der Waals surface area contributed by atoms with Gasteiger partial charge in [-0.15, -0.1) is 0 Å². The molecular weight excluding hydrogens is 364 g/mol. The van der Waals surface area contributed by atoms with E-state index >= 15 is 0 Å². The summed E-state index contributed by atoms with van der Waals surface area (Å²) in [5.74, 6) is -3.97. The second-order valence-electron chi connectivity index (χ2n) is 5.30. The van der Waals surface area contributed by atoms with Gasteiger partial charge in [0.25, 0.3) is 6.29 Å². The van der Waals surface area contributed by atoms with Crippen molar-refractivity contribution >= 4 is 29.2 Å². The summed E-state index contributed by atoms with van der Waals surface area (Å²) in [6.07, 6.45) is -1.36. The highest BCUT2D eigenvalue weighted by Crippen LogP contribution is 2.40. The summed E-state index contributed by atoms with van der Waals surface area (Å²) >= 11 is 1.26. The Kier molecular flexibility index (Phi) is 4.81. The molecule has 0 spiro atoms. The number of ether oxygens (including phenoxy) is 4. The van der Waals surface area contributed by atoms with E-state index in [0.717, 1.165) is 0 Å². The standard InChI is InChI=1S/C17H14O8S/c1-22-11-5-9-10(6-12(11)23-2)17(24-15(9)20)25-16(21)13(14(18)19)8-3-4-26-7-8/h3-7,13,17H,1-2H3,(H,18,19). The predicted octanol–water partition coefficient (Wildman–Crippen LogP) is 2.35. The van der Waals surface area contributed by atoms with E-state index in [0.29, 0.717) is 17.1 Å². The van der Waals surface area contributed by atoms with Gasteiger partial charge in [-0.25, -0.2) is 4.79 Å². The van der Waals surface area contributed by atoms with Gasteiger partial charge in [0.1, 0.15) is 0 Å². The molecule has 3 rings (SSSR count). The highest BCUT2D eigenvalue weighted by atomic mass is 32.1. The van der Waals surface area contributed by atoms with E-state index in [2.05, 4.69) is 0 Å². The normalized spacial score (nSPS) is 16.4. The van der Waals surface area contributed by atoms with Crippen molar-refractivity contribution in [2.24, 2.45) is 0 Å². The van der Waals surface area contributed by atoms with Crippen molar-refractivity contribution in [3.8, 4) is 11.5 Å². The summed E-state index contributed by atoms with van der Waals surface area (Å²) < 4.78 is 20.5. The molecule has 2 unspecified atom stereocenters. The number of benzene rings is 1. The Balaban J connectivity index is 1.89. The molecule has 136 valence electrons. The number of carbonyl (C=O) groups excluding carboxylic acids is 2. The van der Waals surface area contributed by atoms with Crippen molar-refractivity contribution in [3.05, 3.63) is 45.6 Å². The number of carboxylic acids is 1. The molecule has 26 heavy (non-hydrogen) atoms. The lowest BCUT2D eigenvalue weighted by Crippen LogP contribution is -2.25. The van der Waals surface area contributed by atoms with Crippen LogP contribution in [0.3, 0.4) is 0 Å². The Bertz CT molecular complexity index is 858. The molecule has 1 N–H and O–H groups in total. The van der Waals surface area contributed by atoms with Crippen LogP contribution in [0.25, 0.3) is 0 Å². The molecule has 1 aliphatic heterocycles. The fraction of sp³-hybridized carbons (Fsp3) is 0.235. The van der Waals surface area contributed by atoms with E-state index in [1.165, 1.54) is 43.8 Å². The summed E-state index contributed by atoms with van der Waals surface area (Å²) in [4.78, 5) is 35.9. The maximum Gasteiger partial charge on any atom is 0.342 e. The zero-order chi connectivity index (χ0) is 18.8. The van der Waals surface area contributed by atoms with Crippen LogP contribution in [0.15, 0.2) is 29.0 Å². The van der Waals surface area contributed by atoms with Gasteiger partial charge in [0.05, 0.1) is 25.3 Å². The molecule has 9 heteroatoms. The Labute approximate surface area is 151 Å². The quantitative estimate of drug-likeness (QED) is 0.603. The van der Waals surface area contributed by atoms with Gasteiger partial charge in [0.15, 0.2) is 17.4 Å². The maximum absolute atomic E-state index is 12.4. The second kappa shape index (κ2) is 7.04. The van der Waals surface area contributed by atoms with Crippen molar-refractivity contribution < 1.29 is 38.4 Å². The smallest absolute Gasteiger partial charge is 0.342 e. The van der Waals surface area contributed by atoms with Crippen LogP contribution in [-0.2, 0) is 19.1 Å². The topological polar surface area (TPSA) is 108 Å². The van der Waals surface area contributed by atoms with E-state index in [4.69, 9.17) is 18.9 Å². The fourth-order valence-electron chi connectivity index (χ4n) is 2.57. The van der Waals surface area contributed by atoms with Crippen molar-refractivity contribution in [2.45, 2.75) is 12.2 Å². The first-order chi connectivity index (χ1) is 12.5. The lowest BCUT2D eigenvalue weighted by molar-refractivity contribution is -0.172. The first-order valence-corrected chi connectivity index (χ1v) is 8.32. The number of thiophene rings is 1. The molecule has 0 radical (unpaired) electrons. The summed E-state index contributed by atoms with van der Waals surface area (Å²) in [5, 5.41) is 12.5. The molecule has 2 aromatic rings. The number of cyclic esters (lactones) is 1. The Morgan fingerprint density at radius 1 is 1.23 bits per heavy atom. The first kappa shape index (κ1) is 17.7. The van der Waals surface area contributed by atoms with Gasteiger partial charge in [-0.05, 0) is 34.5 Å². The lowest BCUT2D eigenvalue weighted by atomic mass is 10.0. The maximum atomic E-state index is 12.4. The minimum absolute atomic E-state index is 0.155. The summed E-state index contributed by atoms with van der Waals surface area (Å²) in [6.45, 7) is 0. The molecule has 1 aromatic heterocycles. The van der Waals surface area contributed by atoms with E-state index in [1.54, 1.807) is 10.8 Å². The molecule has 8 nitrogen and oxygen atoms in total. The Hall–Kier alpha value is -3.07. The largest absolute Gasteiger partial charge is 0.493 e. The van der Waals surface area contributed by atoms with E-state index < -0.39 is 30.1 Å². The van der Waals surface area contributed by atoms with Gasteiger partial charge in [-0.2, -0.15) is 11.3 Å². The second-order valence-corrected chi connectivity index (χ2v) is 6.08. The van der Waals surface area contributed by atoms with Crippen molar-refractivity contribution in [1.82, 2.24) is 0 Å². The van der Waals surface area contributed by atoms with Crippen LogP contribution in [0.2, 0.25) is 0 Å². The number of aliphatic carboxylic acids is 1. The fourth-order valence-corrected chi connectivity index (χ4v) is 3.26. The van der Waals surface area contributed by atoms with E-state index in [9.17, 15) is 19.5 Å². The molecular formula is C17H14O8S. The first-order valence-electron chi connectivity index (χ1n) is 7.38. The zero-order valence-electron chi connectivity index (χ0n) is 13.8. The third-order valence-electron chi connectivity index (χ3n) is 3.83. The van der Waals surface area contributed by atoms with Crippen LogP contribution >= 0.6 is 11.3 Å². The van der Waals surface area contributed by atoms with Crippen molar-refractivity contribution in [3.63, 3.8) is 0 Å². The highest BCUT2D eigenvalue weighted by molar-refractivity contribution is 7.08. The monoisotopic (exact) mass is 378 g/mol. The minimum Gasteiger partial charge on any atom is -0.493 e. The molecule has 0 saturated heterocycles. The number of esters is 2. The van der Waals surface area contributed by atoms with Gasteiger partial charge in [-0.1, -0.05) is 0 Å². The van der Waals surface area contributed by atoms with E-state index in [-0.39, 0.29) is 11.1 Å². The summed E-state index contributed by atoms with van der Waals surface area (Å²) in [6, 6.07) is 4.39. The van der Waals surface area contributed by atoms with Gasteiger partial charge >= 0.3 is 17.9 Å². The predicted molar refractivity (Wildman–Crippen MR) is 88.5 cm³/mol. The third-order valence-corrected chi connectivity index (χ3v) is 4.53. The molecule has 2 heterocycles. The van der Waals surface area contributed by atoms with Gasteiger partial charge in [0.2, 0.25) is 0 Å². The molecule has 0 fully saturated rings. The number of rotatable bonds is 6. The molecule has 0 saturated carbocycles. The van der Waals surface area contributed by atoms with Gasteiger partial charge in [-0.3, -0.25) is 9.59 Å². The average molecular weight is 378 g/mol. The van der Waals surface area contributed by atoms with Crippen LogP contribution in [-0.4, -0.2) is 37.2 Å². The van der Waals surface area contributed by atoms with Crippen molar-refractivity contribution in [2.75, 3.05) is 14.2 Å². The third kappa shape index (κ3) is 3.08. The van der Waals surface area contributed by atoms with Crippen LogP contribution in [0.1, 0.15) is 33.7 Å². The summed E-state index contributed by atoms with van der Waals surface area (Å²) in [5.41, 5.74) is 0.711. The molecule has 0 bridgehead atoms. The van der Waals surface area contributed by atoms with Gasteiger partial charge < -0.3 is 24.1 Å². The van der Waals surface area contributed by atoms with Crippen LogP contribution in [0, 0.1) is 0 Å². The van der Waals surface area contributed by atoms with Crippen LogP contribution in [0.4, 0.5) is 0 Å². The summed E-state index contributed by atoms with van der Waals surface area (Å²) in [7, 11) is 2.83. The number of methoxy groups -OCH3 is 2. The van der Waals surface area contributed by atoms with Crippen molar-refractivity contribution in [1.29, 1.82) is 0 Å². The zero-order valence-corrected chi connectivity index (χ0v) is 14.6. The number of carbonyl (C=O) groups is 3. The van der Waals surface area contributed by atoms with Crippen LogP contribution < -0.4 is 9.47 Å². The number of hydrogen-bond acceptors (Lipinski definition) is 8. The van der Waals surface area contributed by atoms with Gasteiger partial charge in [0, 0.05) is 0 Å². The molecule has 0 amide bonds. The SMILES string of the molecule is COc1cc2c(cc1OC)C(OC(=O)C(C(=O)O)c1ccsc1)OC2=O. The number of carboxylic acid groups (broad SMARTS) is 1. The Morgan fingerprint density at radius 3 is 2.50 bits per heavy atom. The number of hydrogen-bond donors (Lipinski definition) is 1. The van der Waals surface area contributed by atoms with E-state index in [1.807, 2.05) is 0 Å². The Morgan fingerprint density at radius 2 is 1.92 bits per heavy atom. The minimum atomic E-state index is -1.51. The molecule has 2 atom stereocenters.